The molecule has 0 fully saturated rings. The van der Waals surface area contributed by atoms with Crippen molar-refractivity contribution < 1.29 is 13.2 Å². The fourth-order valence-electron chi connectivity index (χ4n) is 1.46. The molecule has 0 aromatic heterocycles. The largest absolute Gasteiger partial charge is 0.417 e. The maximum atomic E-state index is 12.4. The van der Waals surface area contributed by atoms with Crippen LogP contribution in [0.25, 0.3) is 6.08 Å². The molecular formula is C10H6F3. The molecule has 67 valence electrons. The van der Waals surface area contributed by atoms with Crippen molar-refractivity contribution in [1.82, 2.24) is 0 Å². The summed E-state index contributed by atoms with van der Waals surface area (Å²) in [5, 5.41) is 0. The maximum Gasteiger partial charge on any atom is 0.417 e. The van der Waals surface area contributed by atoms with E-state index < -0.39 is 11.7 Å². The molecule has 0 spiro atoms. The summed E-state index contributed by atoms with van der Waals surface area (Å²) in [6.07, 6.45) is -0.463. The fraction of sp³-hybridized carbons (Fsp3) is 0.200. The van der Waals surface area contributed by atoms with Gasteiger partial charge in [0.15, 0.2) is 0 Å². The van der Waals surface area contributed by atoms with Crippen molar-refractivity contribution in [3.05, 3.63) is 41.0 Å². The zero-order chi connectivity index (χ0) is 9.47. The number of fused-ring (bicyclic) bond motifs is 1. The van der Waals surface area contributed by atoms with Gasteiger partial charge in [-0.2, -0.15) is 13.2 Å². The Bertz CT molecular complexity index is 361. The molecule has 1 aromatic rings. The SMILES string of the molecule is FC(F)(F)c1[c]ccc2c1C=CC2. The molecule has 1 aliphatic rings. The quantitative estimate of drug-likeness (QED) is 0.579. The molecule has 0 N–H and O–H groups in total. The molecule has 1 radical (unpaired) electrons. The molecule has 13 heavy (non-hydrogen) atoms. The van der Waals surface area contributed by atoms with Crippen LogP contribution in [0.15, 0.2) is 18.2 Å². The van der Waals surface area contributed by atoms with Crippen LogP contribution in [-0.2, 0) is 12.6 Å². The van der Waals surface area contributed by atoms with Crippen LogP contribution < -0.4 is 0 Å². The Kier molecular flexibility index (Phi) is 1.68. The van der Waals surface area contributed by atoms with Gasteiger partial charge in [-0.3, -0.25) is 0 Å². The molecule has 0 unspecified atom stereocenters. The number of hydrogen-bond donors (Lipinski definition) is 0. The van der Waals surface area contributed by atoms with E-state index in [9.17, 15) is 13.2 Å². The van der Waals surface area contributed by atoms with Crippen molar-refractivity contribution in [2.75, 3.05) is 0 Å². The van der Waals surface area contributed by atoms with Crippen LogP contribution in [-0.4, -0.2) is 0 Å². The second-order valence-corrected chi connectivity index (χ2v) is 2.90. The van der Waals surface area contributed by atoms with E-state index in [1.165, 1.54) is 12.1 Å². The first-order chi connectivity index (χ1) is 6.09. The Hall–Kier alpha value is -1.25. The number of benzene rings is 1. The van der Waals surface area contributed by atoms with Gasteiger partial charge < -0.3 is 0 Å². The molecular weight excluding hydrogens is 177 g/mol. The highest BCUT2D eigenvalue weighted by Gasteiger charge is 2.34. The number of hydrogen-bond acceptors (Lipinski definition) is 0. The summed E-state index contributed by atoms with van der Waals surface area (Å²) < 4.78 is 37.1. The molecule has 3 heteroatoms. The van der Waals surface area contributed by atoms with Crippen molar-refractivity contribution in [2.24, 2.45) is 0 Å². The maximum absolute atomic E-state index is 12.4. The van der Waals surface area contributed by atoms with Gasteiger partial charge >= 0.3 is 6.18 Å². The molecule has 0 aliphatic heterocycles. The molecule has 0 amide bonds. The summed E-state index contributed by atoms with van der Waals surface area (Å²) in [5.74, 6) is 0. The van der Waals surface area contributed by atoms with Crippen molar-refractivity contribution in [3.8, 4) is 0 Å². The highest BCUT2D eigenvalue weighted by atomic mass is 19.4. The van der Waals surface area contributed by atoms with Gasteiger partial charge in [-0.15, -0.1) is 0 Å². The van der Waals surface area contributed by atoms with Crippen LogP contribution in [0.5, 0.6) is 0 Å². The van der Waals surface area contributed by atoms with E-state index in [1.807, 2.05) is 0 Å². The summed E-state index contributed by atoms with van der Waals surface area (Å²) in [5.41, 5.74) is 0.347. The third-order valence-corrected chi connectivity index (χ3v) is 2.03. The lowest BCUT2D eigenvalue weighted by Crippen LogP contribution is -2.08. The highest BCUT2D eigenvalue weighted by Crippen LogP contribution is 2.35. The lowest BCUT2D eigenvalue weighted by atomic mass is 10.0. The summed E-state index contributed by atoms with van der Waals surface area (Å²) >= 11 is 0. The molecule has 0 nitrogen and oxygen atoms in total. The summed E-state index contributed by atoms with van der Waals surface area (Å²) in [4.78, 5) is 0. The monoisotopic (exact) mass is 183 g/mol. The van der Waals surface area contributed by atoms with Crippen LogP contribution in [0.4, 0.5) is 13.2 Å². The van der Waals surface area contributed by atoms with Gasteiger partial charge in [-0.1, -0.05) is 24.3 Å². The van der Waals surface area contributed by atoms with Crippen molar-refractivity contribution >= 4 is 6.08 Å². The third-order valence-electron chi connectivity index (χ3n) is 2.03. The zero-order valence-electron chi connectivity index (χ0n) is 6.65. The zero-order valence-corrected chi connectivity index (χ0v) is 6.65. The lowest BCUT2D eigenvalue weighted by Gasteiger charge is -2.10. The molecule has 0 bridgehead atoms. The Labute approximate surface area is 73.7 Å². The summed E-state index contributed by atoms with van der Waals surface area (Å²) in [6.45, 7) is 0. The lowest BCUT2D eigenvalue weighted by molar-refractivity contribution is -0.138. The number of halogens is 3. The topological polar surface area (TPSA) is 0 Å². The second-order valence-electron chi connectivity index (χ2n) is 2.90. The van der Waals surface area contributed by atoms with Gasteiger partial charge in [-0.25, -0.2) is 0 Å². The first kappa shape index (κ1) is 8.35. The van der Waals surface area contributed by atoms with E-state index in [0.717, 1.165) is 5.56 Å². The number of alkyl halides is 3. The first-order valence-corrected chi connectivity index (χ1v) is 3.86. The normalized spacial score (nSPS) is 14.7. The Morgan fingerprint density at radius 1 is 1.31 bits per heavy atom. The minimum atomic E-state index is -4.29. The molecule has 0 heterocycles. The third kappa shape index (κ3) is 1.34. The van der Waals surface area contributed by atoms with E-state index in [4.69, 9.17) is 0 Å². The molecule has 0 atom stereocenters. The average Bonchev–Trinajstić information content (AvgIpc) is 2.48. The van der Waals surface area contributed by atoms with Crippen molar-refractivity contribution in [1.29, 1.82) is 0 Å². The predicted molar refractivity (Wildman–Crippen MR) is 43.0 cm³/mol. The Morgan fingerprint density at radius 3 is 2.77 bits per heavy atom. The molecule has 0 saturated heterocycles. The van der Waals surface area contributed by atoms with Crippen molar-refractivity contribution in [2.45, 2.75) is 12.6 Å². The number of allylic oxidation sites excluding steroid dienone is 1. The van der Waals surface area contributed by atoms with Crippen LogP contribution in [0.2, 0.25) is 0 Å². The van der Waals surface area contributed by atoms with E-state index in [1.54, 1.807) is 12.1 Å². The fourth-order valence-corrected chi connectivity index (χ4v) is 1.46. The van der Waals surface area contributed by atoms with Gasteiger partial charge in [0.25, 0.3) is 0 Å². The predicted octanol–water partition coefficient (Wildman–Crippen LogP) is 3.07. The molecule has 1 aromatic carbocycles. The standard InChI is InChI=1S/C10H6F3/c11-10(12,13)9-6-2-4-7-3-1-5-8(7)9/h1-2,4-5H,3H2. The van der Waals surface area contributed by atoms with Crippen LogP contribution in [0, 0.1) is 6.07 Å². The van der Waals surface area contributed by atoms with Gasteiger partial charge in [0.2, 0.25) is 0 Å². The molecule has 1 aliphatic carbocycles. The summed E-state index contributed by atoms with van der Waals surface area (Å²) in [6, 6.07) is 5.23. The van der Waals surface area contributed by atoms with Crippen molar-refractivity contribution in [3.63, 3.8) is 0 Å². The van der Waals surface area contributed by atoms with Gasteiger partial charge in [0.05, 0.1) is 5.56 Å². The first-order valence-electron chi connectivity index (χ1n) is 3.86. The van der Waals surface area contributed by atoms with E-state index in [0.29, 0.717) is 6.42 Å². The van der Waals surface area contributed by atoms with Crippen LogP contribution in [0.3, 0.4) is 0 Å². The van der Waals surface area contributed by atoms with Gasteiger partial charge in [0, 0.05) is 0 Å². The van der Waals surface area contributed by atoms with Gasteiger partial charge in [-0.05, 0) is 23.6 Å². The van der Waals surface area contributed by atoms with E-state index >= 15 is 0 Å². The van der Waals surface area contributed by atoms with Crippen LogP contribution >= 0.6 is 0 Å². The number of rotatable bonds is 0. The van der Waals surface area contributed by atoms with E-state index in [-0.39, 0.29) is 5.56 Å². The molecule has 0 saturated carbocycles. The second kappa shape index (κ2) is 2.62. The van der Waals surface area contributed by atoms with E-state index in [2.05, 4.69) is 6.07 Å². The average molecular weight is 183 g/mol. The Balaban J connectivity index is 2.59. The summed E-state index contributed by atoms with van der Waals surface area (Å²) in [7, 11) is 0. The Morgan fingerprint density at radius 2 is 2.08 bits per heavy atom. The smallest absolute Gasteiger partial charge is 0.166 e. The van der Waals surface area contributed by atoms with Gasteiger partial charge in [0.1, 0.15) is 0 Å². The minimum absolute atomic E-state index is 0.273. The highest BCUT2D eigenvalue weighted by molar-refractivity contribution is 5.63. The minimum Gasteiger partial charge on any atom is -0.166 e. The molecule has 2 rings (SSSR count). The van der Waals surface area contributed by atoms with Crippen LogP contribution in [0.1, 0.15) is 16.7 Å².